The third-order valence-electron chi connectivity index (χ3n) is 3.58. The lowest BCUT2D eigenvalue weighted by molar-refractivity contribution is -0.145. The Morgan fingerprint density at radius 1 is 1.45 bits per heavy atom. The van der Waals surface area contributed by atoms with E-state index in [9.17, 15) is 4.79 Å². The number of hydrogen-bond acceptors (Lipinski definition) is 3. The first-order valence-electron chi connectivity index (χ1n) is 6.85. The molecule has 5 heteroatoms. The zero-order chi connectivity index (χ0) is 14.5. The molecule has 2 rings (SSSR count). The van der Waals surface area contributed by atoms with Crippen LogP contribution in [0.5, 0.6) is 0 Å². The Hall–Kier alpha value is -1.10. The highest BCUT2D eigenvalue weighted by atomic mass is 35.5. The summed E-state index contributed by atoms with van der Waals surface area (Å²) in [6.45, 7) is 4.49. The van der Waals surface area contributed by atoms with Gasteiger partial charge in [-0.3, -0.25) is 4.90 Å². The lowest BCUT2D eigenvalue weighted by atomic mass is 10.1. The Labute approximate surface area is 124 Å². The number of benzene rings is 1. The van der Waals surface area contributed by atoms with Crippen LogP contribution in [0.15, 0.2) is 18.2 Å². The topological polar surface area (TPSA) is 49.8 Å². The standard InChI is InChI=1S/C15H20ClNO3/c1-11-2-3-12(14(16)8-11)9-17-6-4-13(5-7-17)20-10-15(18)19/h2-3,8,13H,4-7,9-10H2,1H3,(H,18,19). The molecule has 0 unspecified atom stereocenters. The summed E-state index contributed by atoms with van der Waals surface area (Å²) in [5, 5.41) is 9.41. The van der Waals surface area contributed by atoms with Gasteiger partial charge in [0.25, 0.3) is 0 Å². The second-order valence-electron chi connectivity index (χ2n) is 5.28. The number of aryl methyl sites for hydroxylation is 1. The van der Waals surface area contributed by atoms with E-state index in [1.807, 2.05) is 13.0 Å². The minimum absolute atomic E-state index is 0.0656. The van der Waals surface area contributed by atoms with Crippen LogP contribution in [-0.4, -0.2) is 41.8 Å². The number of hydrogen-bond donors (Lipinski definition) is 1. The number of carboxylic acid groups (broad SMARTS) is 1. The smallest absolute Gasteiger partial charge is 0.329 e. The summed E-state index contributed by atoms with van der Waals surface area (Å²) in [7, 11) is 0. The summed E-state index contributed by atoms with van der Waals surface area (Å²) in [4.78, 5) is 12.8. The molecule has 1 aliphatic rings. The number of carboxylic acids is 1. The number of rotatable bonds is 5. The second kappa shape index (κ2) is 7.07. The van der Waals surface area contributed by atoms with Crippen molar-refractivity contribution in [3.8, 4) is 0 Å². The highest BCUT2D eigenvalue weighted by Crippen LogP contribution is 2.22. The molecule has 1 aliphatic heterocycles. The first kappa shape index (κ1) is 15.3. The van der Waals surface area contributed by atoms with Crippen molar-refractivity contribution in [2.75, 3.05) is 19.7 Å². The van der Waals surface area contributed by atoms with Crippen molar-refractivity contribution in [3.05, 3.63) is 34.3 Å². The second-order valence-corrected chi connectivity index (χ2v) is 5.68. The number of carbonyl (C=O) groups is 1. The average molecular weight is 298 g/mol. The highest BCUT2D eigenvalue weighted by Gasteiger charge is 2.20. The first-order valence-corrected chi connectivity index (χ1v) is 7.23. The van der Waals surface area contributed by atoms with Crippen molar-refractivity contribution in [1.82, 2.24) is 4.90 Å². The van der Waals surface area contributed by atoms with E-state index in [0.717, 1.165) is 43.1 Å². The largest absolute Gasteiger partial charge is 0.480 e. The van der Waals surface area contributed by atoms with Gasteiger partial charge in [0.15, 0.2) is 0 Å². The van der Waals surface area contributed by atoms with Gasteiger partial charge in [0.1, 0.15) is 6.61 Å². The molecule has 0 amide bonds. The zero-order valence-electron chi connectivity index (χ0n) is 11.6. The van der Waals surface area contributed by atoms with Crippen LogP contribution in [-0.2, 0) is 16.1 Å². The van der Waals surface area contributed by atoms with E-state index in [0.29, 0.717) is 0 Å². The van der Waals surface area contributed by atoms with E-state index in [4.69, 9.17) is 21.4 Å². The van der Waals surface area contributed by atoms with E-state index in [1.54, 1.807) is 0 Å². The predicted molar refractivity (Wildman–Crippen MR) is 78.1 cm³/mol. The molecule has 0 aromatic heterocycles. The number of halogens is 1. The summed E-state index contributed by atoms with van der Waals surface area (Å²) in [6.07, 6.45) is 1.81. The highest BCUT2D eigenvalue weighted by molar-refractivity contribution is 6.31. The fourth-order valence-corrected chi connectivity index (χ4v) is 2.74. The first-order chi connectivity index (χ1) is 9.54. The molecule has 110 valence electrons. The van der Waals surface area contributed by atoms with E-state index < -0.39 is 5.97 Å². The molecule has 1 aromatic rings. The van der Waals surface area contributed by atoms with Gasteiger partial charge in [-0.25, -0.2) is 4.79 Å². The van der Waals surface area contributed by atoms with Gasteiger partial charge in [-0.05, 0) is 37.0 Å². The van der Waals surface area contributed by atoms with Crippen LogP contribution in [0.4, 0.5) is 0 Å². The Kier molecular flexibility index (Phi) is 5.40. The van der Waals surface area contributed by atoms with Crippen LogP contribution in [0, 0.1) is 6.92 Å². The van der Waals surface area contributed by atoms with Crippen LogP contribution >= 0.6 is 11.6 Å². The molecule has 4 nitrogen and oxygen atoms in total. The van der Waals surface area contributed by atoms with Gasteiger partial charge in [0.2, 0.25) is 0 Å². The van der Waals surface area contributed by atoms with E-state index in [1.165, 1.54) is 5.56 Å². The average Bonchev–Trinajstić information content (AvgIpc) is 2.41. The maximum atomic E-state index is 10.5. The fourth-order valence-electron chi connectivity index (χ4n) is 2.44. The molecular formula is C15H20ClNO3. The third-order valence-corrected chi connectivity index (χ3v) is 3.93. The predicted octanol–water partition coefficient (Wildman–Crippen LogP) is 2.71. The Bertz CT molecular complexity index is 470. The normalized spacial score (nSPS) is 17.3. The van der Waals surface area contributed by atoms with Gasteiger partial charge in [-0.15, -0.1) is 0 Å². The molecular weight excluding hydrogens is 278 g/mol. The Balaban J connectivity index is 1.80. The van der Waals surface area contributed by atoms with Crippen LogP contribution in [0.2, 0.25) is 5.02 Å². The molecule has 1 fully saturated rings. The van der Waals surface area contributed by atoms with Crippen LogP contribution in [0.1, 0.15) is 24.0 Å². The Morgan fingerprint density at radius 2 is 2.15 bits per heavy atom. The minimum atomic E-state index is -0.904. The summed E-state index contributed by atoms with van der Waals surface area (Å²) in [5.74, 6) is -0.904. The van der Waals surface area contributed by atoms with E-state index in [2.05, 4.69) is 17.0 Å². The molecule has 1 heterocycles. The van der Waals surface area contributed by atoms with Crippen molar-refractivity contribution in [3.63, 3.8) is 0 Å². The van der Waals surface area contributed by atoms with Crippen molar-refractivity contribution >= 4 is 17.6 Å². The Morgan fingerprint density at radius 3 is 2.75 bits per heavy atom. The lowest BCUT2D eigenvalue weighted by Crippen LogP contribution is -2.37. The molecule has 1 saturated heterocycles. The number of piperidine rings is 1. The fraction of sp³-hybridized carbons (Fsp3) is 0.533. The summed E-state index contributed by atoms with van der Waals surface area (Å²) in [6, 6.07) is 6.13. The molecule has 20 heavy (non-hydrogen) atoms. The molecule has 0 radical (unpaired) electrons. The van der Waals surface area contributed by atoms with Gasteiger partial charge in [-0.1, -0.05) is 23.7 Å². The summed E-state index contributed by atoms with van der Waals surface area (Å²) in [5.41, 5.74) is 2.31. The molecule has 0 aliphatic carbocycles. The molecule has 0 bridgehead atoms. The van der Waals surface area contributed by atoms with E-state index >= 15 is 0 Å². The van der Waals surface area contributed by atoms with E-state index in [-0.39, 0.29) is 12.7 Å². The molecule has 1 N–H and O–H groups in total. The zero-order valence-corrected chi connectivity index (χ0v) is 12.4. The van der Waals surface area contributed by atoms with Crippen molar-refractivity contribution in [2.45, 2.75) is 32.4 Å². The lowest BCUT2D eigenvalue weighted by Gasteiger charge is -2.31. The van der Waals surface area contributed by atoms with Gasteiger partial charge < -0.3 is 9.84 Å². The SMILES string of the molecule is Cc1ccc(CN2CCC(OCC(=O)O)CC2)c(Cl)c1. The van der Waals surface area contributed by atoms with Crippen molar-refractivity contribution in [1.29, 1.82) is 0 Å². The number of nitrogens with zero attached hydrogens (tertiary/aromatic N) is 1. The monoisotopic (exact) mass is 297 g/mol. The van der Waals surface area contributed by atoms with Crippen molar-refractivity contribution in [2.24, 2.45) is 0 Å². The van der Waals surface area contributed by atoms with Crippen LogP contribution < -0.4 is 0 Å². The quantitative estimate of drug-likeness (QED) is 0.908. The van der Waals surface area contributed by atoms with Crippen LogP contribution in [0.3, 0.4) is 0 Å². The van der Waals surface area contributed by atoms with Gasteiger partial charge in [-0.2, -0.15) is 0 Å². The summed E-state index contributed by atoms with van der Waals surface area (Å²) >= 11 is 6.25. The third kappa shape index (κ3) is 4.47. The molecule has 0 saturated carbocycles. The number of aliphatic carboxylic acids is 1. The maximum Gasteiger partial charge on any atom is 0.329 e. The minimum Gasteiger partial charge on any atom is -0.480 e. The van der Waals surface area contributed by atoms with Gasteiger partial charge >= 0.3 is 5.97 Å². The van der Waals surface area contributed by atoms with Crippen LogP contribution in [0.25, 0.3) is 0 Å². The summed E-state index contributed by atoms with van der Waals surface area (Å²) < 4.78 is 5.33. The molecule has 0 spiro atoms. The van der Waals surface area contributed by atoms with Gasteiger partial charge in [0, 0.05) is 24.7 Å². The number of likely N-dealkylation sites (tertiary alicyclic amines) is 1. The molecule has 0 atom stereocenters. The van der Waals surface area contributed by atoms with Crippen molar-refractivity contribution < 1.29 is 14.6 Å². The number of ether oxygens (including phenoxy) is 1. The maximum absolute atomic E-state index is 10.5. The van der Waals surface area contributed by atoms with Gasteiger partial charge in [0.05, 0.1) is 6.10 Å². The molecule has 1 aromatic carbocycles.